The van der Waals surface area contributed by atoms with E-state index in [0.717, 1.165) is 4.90 Å². The van der Waals surface area contributed by atoms with Gasteiger partial charge in [0.05, 0.1) is 30.2 Å². The van der Waals surface area contributed by atoms with Gasteiger partial charge in [0.15, 0.2) is 6.61 Å². The SMILES string of the molecule is CCC(Sc1cccc(NC(=O)COc2ccccc2)c1)C(=O)Nc1cc(Cl)c(OC)cc1OC. The van der Waals surface area contributed by atoms with Crippen LogP contribution in [-0.2, 0) is 9.59 Å². The zero-order chi connectivity index (χ0) is 25.2. The molecule has 0 spiro atoms. The minimum atomic E-state index is -0.382. The zero-order valence-electron chi connectivity index (χ0n) is 19.7. The van der Waals surface area contributed by atoms with Crippen molar-refractivity contribution in [3.8, 4) is 17.2 Å². The highest BCUT2D eigenvalue weighted by atomic mass is 35.5. The maximum absolute atomic E-state index is 13.0. The molecule has 3 rings (SSSR count). The summed E-state index contributed by atoms with van der Waals surface area (Å²) in [7, 11) is 3.02. The number of anilines is 2. The summed E-state index contributed by atoms with van der Waals surface area (Å²) in [5.74, 6) is 1.06. The highest BCUT2D eigenvalue weighted by molar-refractivity contribution is 8.00. The summed E-state index contributed by atoms with van der Waals surface area (Å²) >= 11 is 7.62. The summed E-state index contributed by atoms with van der Waals surface area (Å²) in [5.41, 5.74) is 1.08. The number of carbonyl (C=O) groups excluding carboxylic acids is 2. The van der Waals surface area contributed by atoms with E-state index in [9.17, 15) is 9.59 Å². The van der Waals surface area contributed by atoms with Crippen LogP contribution in [0.2, 0.25) is 5.02 Å². The number of hydrogen-bond donors (Lipinski definition) is 2. The molecule has 3 aromatic carbocycles. The largest absolute Gasteiger partial charge is 0.495 e. The molecule has 0 aliphatic carbocycles. The zero-order valence-corrected chi connectivity index (χ0v) is 21.2. The van der Waals surface area contributed by atoms with Crippen LogP contribution in [0.3, 0.4) is 0 Å². The van der Waals surface area contributed by atoms with E-state index >= 15 is 0 Å². The highest BCUT2D eigenvalue weighted by Gasteiger charge is 2.21. The van der Waals surface area contributed by atoms with Crippen LogP contribution >= 0.6 is 23.4 Å². The average Bonchev–Trinajstić information content (AvgIpc) is 2.87. The van der Waals surface area contributed by atoms with Crippen molar-refractivity contribution in [1.82, 2.24) is 0 Å². The molecule has 0 heterocycles. The summed E-state index contributed by atoms with van der Waals surface area (Å²) in [6, 6.07) is 19.7. The molecule has 3 aromatic rings. The van der Waals surface area contributed by atoms with E-state index in [1.54, 1.807) is 30.3 Å². The van der Waals surface area contributed by atoms with Gasteiger partial charge in [-0.3, -0.25) is 9.59 Å². The van der Waals surface area contributed by atoms with Crippen molar-refractivity contribution < 1.29 is 23.8 Å². The topological polar surface area (TPSA) is 85.9 Å². The summed E-state index contributed by atoms with van der Waals surface area (Å²) in [6.07, 6.45) is 0.588. The van der Waals surface area contributed by atoms with Gasteiger partial charge in [0, 0.05) is 16.6 Å². The van der Waals surface area contributed by atoms with Gasteiger partial charge in [0.1, 0.15) is 17.2 Å². The molecule has 0 aliphatic heterocycles. The third-order valence-electron chi connectivity index (χ3n) is 4.90. The number of ether oxygens (including phenoxy) is 3. The fraction of sp³-hybridized carbons (Fsp3) is 0.231. The lowest BCUT2D eigenvalue weighted by Crippen LogP contribution is -2.25. The van der Waals surface area contributed by atoms with Crippen LogP contribution in [0.25, 0.3) is 0 Å². The number of nitrogens with one attached hydrogen (secondary N) is 2. The second kappa shape index (κ2) is 12.9. The molecule has 1 unspecified atom stereocenters. The molecule has 2 N–H and O–H groups in total. The summed E-state index contributed by atoms with van der Waals surface area (Å²) in [4.78, 5) is 26.1. The van der Waals surface area contributed by atoms with Crippen LogP contribution < -0.4 is 24.8 Å². The molecule has 0 aromatic heterocycles. The number of amides is 2. The standard InChI is InChI=1S/C26H27ClN2O5S/c1-4-24(26(31)29-21-14-20(27)22(32-2)15-23(21)33-3)35-19-12-8-9-17(13-19)28-25(30)16-34-18-10-6-5-7-11-18/h5-15,24H,4,16H2,1-3H3,(H,28,30)(H,29,31). The first-order valence-corrected chi connectivity index (χ1v) is 12.2. The second-order valence-corrected chi connectivity index (χ2v) is 9.05. The van der Waals surface area contributed by atoms with Crippen molar-refractivity contribution in [3.05, 3.63) is 71.8 Å². The molecule has 0 fully saturated rings. The number of benzene rings is 3. The van der Waals surface area contributed by atoms with Gasteiger partial charge in [-0.15, -0.1) is 11.8 Å². The van der Waals surface area contributed by atoms with Crippen LogP contribution in [0.15, 0.2) is 71.6 Å². The third-order valence-corrected chi connectivity index (χ3v) is 6.56. The van der Waals surface area contributed by atoms with E-state index in [1.165, 1.54) is 26.0 Å². The van der Waals surface area contributed by atoms with E-state index in [4.69, 9.17) is 25.8 Å². The maximum atomic E-state index is 13.0. The Labute approximate surface area is 214 Å². The Kier molecular flexibility index (Phi) is 9.69. The predicted octanol–water partition coefficient (Wildman–Crippen LogP) is 5.88. The molecule has 0 saturated heterocycles. The molecule has 1 atom stereocenters. The van der Waals surface area contributed by atoms with Crippen molar-refractivity contribution >= 4 is 46.6 Å². The van der Waals surface area contributed by atoms with Gasteiger partial charge in [-0.25, -0.2) is 0 Å². The van der Waals surface area contributed by atoms with Crippen molar-refractivity contribution in [2.45, 2.75) is 23.5 Å². The number of para-hydroxylation sites is 1. The lowest BCUT2D eigenvalue weighted by atomic mass is 10.2. The number of rotatable bonds is 11. The molecule has 9 heteroatoms. The van der Waals surface area contributed by atoms with Crippen molar-refractivity contribution in [2.24, 2.45) is 0 Å². The Hall–Kier alpha value is -3.36. The molecular weight excluding hydrogens is 488 g/mol. The van der Waals surface area contributed by atoms with Crippen molar-refractivity contribution in [3.63, 3.8) is 0 Å². The van der Waals surface area contributed by atoms with E-state index in [1.807, 2.05) is 43.3 Å². The van der Waals surface area contributed by atoms with Crippen LogP contribution in [0.4, 0.5) is 11.4 Å². The number of thioether (sulfide) groups is 1. The first kappa shape index (κ1) is 26.2. The Balaban J connectivity index is 1.62. The van der Waals surface area contributed by atoms with Crippen LogP contribution in [-0.4, -0.2) is 37.9 Å². The summed E-state index contributed by atoms with van der Waals surface area (Å²) in [6.45, 7) is 1.83. The lowest BCUT2D eigenvalue weighted by Gasteiger charge is -2.18. The molecule has 7 nitrogen and oxygen atoms in total. The van der Waals surface area contributed by atoms with E-state index in [2.05, 4.69) is 10.6 Å². The minimum absolute atomic E-state index is 0.104. The molecule has 184 valence electrons. The van der Waals surface area contributed by atoms with Crippen LogP contribution in [0, 0.1) is 0 Å². The molecule has 2 amide bonds. The Morgan fingerprint density at radius 2 is 1.69 bits per heavy atom. The fourth-order valence-electron chi connectivity index (χ4n) is 3.17. The summed E-state index contributed by atoms with van der Waals surface area (Å²) < 4.78 is 16.1. The predicted molar refractivity (Wildman–Crippen MR) is 140 cm³/mol. The Morgan fingerprint density at radius 1 is 0.943 bits per heavy atom. The number of halogens is 1. The summed E-state index contributed by atoms with van der Waals surface area (Å²) in [5, 5.41) is 5.70. The second-order valence-electron chi connectivity index (χ2n) is 7.37. The van der Waals surface area contributed by atoms with E-state index in [-0.39, 0.29) is 23.7 Å². The number of methoxy groups -OCH3 is 2. The first-order chi connectivity index (χ1) is 16.9. The van der Waals surface area contributed by atoms with Gasteiger partial charge in [-0.1, -0.05) is 42.8 Å². The third kappa shape index (κ3) is 7.56. The van der Waals surface area contributed by atoms with E-state index in [0.29, 0.717) is 40.1 Å². The quantitative estimate of drug-likeness (QED) is 0.311. The van der Waals surface area contributed by atoms with Gasteiger partial charge in [-0.2, -0.15) is 0 Å². The van der Waals surface area contributed by atoms with E-state index < -0.39 is 0 Å². The normalized spacial score (nSPS) is 11.3. The highest BCUT2D eigenvalue weighted by Crippen LogP contribution is 2.37. The van der Waals surface area contributed by atoms with Gasteiger partial charge < -0.3 is 24.8 Å². The molecule has 0 saturated carbocycles. The van der Waals surface area contributed by atoms with Gasteiger partial charge in [0.25, 0.3) is 5.91 Å². The lowest BCUT2D eigenvalue weighted by molar-refractivity contribution is -0.118. The first-order valence-electron chi connectivity index (χ1n) is 10.9. The van der Waals surface area contributed by atoms with Crippen LogP contribution in [0.5, 0.6) is 17.2 Å². The van der Waals surface area contributed by atoms with Crippen molar-refractivity contribution in [2.75, 3.05) is 31.5 Å². The number of carbonyl (C=O) groups is 2. The Bertz CT molecular complexity index is 1160. The molecule has 0 radical (unpaired) electrons. The molecule has 35 heavy (non-hydrogen) atoms. The molecular formula is C26H27ClN2O5S. The smallest absolute Gasteiger partial charge is 0.262 e. The maximum Gasteiger partial charge on any atom is 0.262 e. The fourth-order valence-corrected chi connectivity index (χ4v) is 4.42. The molecule has 0 bridgehead atoms. The van der Waals surface area contributed by atoms with Gasteiger partial charge in [-0.05, 0) is 42.8 Å². The molecule has 0 aliphatic rings. The monoisotopic (exact) mass is 514 g/mol. The van der Waals surface area contributed by atoms with Crippen molar-refractivity contribution in [1.29, 1.82) is 0 Å². The number of hydrogen-bond acceptors (Lipinski definition) is 6. The Morgan fingerprint density at radius 3 is 2.37 bits per heavy atom. The van der Waals surface area contributed by atoms with Crippen LogP contribution in [0.1, 0.15) is 13.3 Å². The minimum Gasteiger partial charge on any atom is -0.495 e. The van der Waals surface area contributed by atoms with Gasteiger partial charge >= 0.3 is 0 Å². The average molecular weight is 515 g/mol. The van der Waals surface area contributed by atoms with Gasteiger partial charge in [0.2, 0.25) is 5.91 Å².